The molecule has 1 N–H and O–H groups in total. The minimum atomic E-state index is 0.724. The minimum absolute atomic E-state index is 0.724. The van der Waals surface area contributed by atoms with Gasteiger partial charge in [0, 0.05) is 22.6 Å². The maximum atomic E-state index is 5.25. The highest BCUT2D eigenvalue weighted by molar-refractivity contribution is 9.10. The normalized spacial score (nSPS) is 10.9. The lowest BCUT2D eigenvalue weighted by atomic mass is 10.2. The lowest BCUT2D eigenvalue weighted by molar-refractivity contribution is 0.385. The Morgan fingerprint density at radius 3 is 3.00 bits per heavy atom. The molecule has 2 aromatic rings. The molecule has 0 atom stereocenters. The summed E-state index contributed by atoms with van der Waals surface area (Å²) in [5.41, 5.74) is 2.20. The van der Waals surface area contributed by atoms with E-state index in [1.807, 2.05) is 25.4 Å². The van der Waals surface area contributed by atoms with E-state index in [0.717, 1.165) is 28.0 Å². The number of methoxy groups -OCH3 is 1. The molecule has 0 saturated heterocycles. The Hall–Kier alpha value is -1.07. The fraction of sp³-hybridized carbons (Fsp3) is 0.300. The summed E-state index contributed by atoms with van der Waals surface area (Å²) in [6.07, 6.45) is 1.85. The van der Waals surface area contributed by atoms with E-state index in [-0.39, 0.29) is 0 Å². The first kappa shape index (κ1) is 10.4. The van der Waals surface area contributed by atoms with Gasteiger partial charge in [0.25, 0.3) is 0 Å². The van der Waals surface area contributed by atoms with E-state index in [2.05, 4.69) is 26.3 Å². The van der Waals surface area contributed by atoms with E-state index in [1.54, 1.807) is 11.6 Å². The molecule has 0 unspecified atom stereocenters. The molecule has 0 aliphatic carbocycles. The van der Waals surface area contributed by atoms with Crippen LogP contribution in [-0.4, -0.2) is 23.8 Å². The molecule has 15 heavy (non-hydrogen) atoms. The average Bonchev–Trinajstić information content (AvgIpc) is 2.61. The fourth-order valence-corrected chi connectivity index (χ4v) is 1.96. The molecular weight excluding hydrogens is 258 g/mol. The highest BCUT2D eigenvalue weighted by Crippen LogP contribution is 2.23. The third-order valence-corrected chi connectivity index (χ3v) is 2.67. The quantitative estimate of drug-likeness (QED) is 0.924. The number of aromatic nitrogens is 2. The summed E-state index contributed by atoms with van der Waals surface area (Å²) in [6, 6.07) is 3.92. The Kier molecular flexibility index (Phi) is 2.93. The molecule has 2 heterocycles. The summed E-state index contributed by atoms with van der Waals surface area (Å²) in [5, 5.41) is 7.39. The van der Waals surface area contributed by atoms with Crippen molar-refractivity contribution in [2.24, 2.45) is 0 Å². The molecular formula is C10H12BrN3O. The molecule has 0 aliphatic rings. The number of pyridine rings is 1. The molecule has 2 rings (SSSR count). The summed E-state index contributed by atoms with van der Waals surface area (Å²) >= 11 is 3.45. The number of fused-ring (bicyclic) bond motifs is 1. The lowest BCUT2D eigenvalue weighted by Gasteiger charge is -2.04. The zero-order valence-electron chi connectivity index (χ0n) is 8.62. The van der Waals surface area contributed by atoms with Crippen molar-refractivity contribution in [3.05, 3.63) is 28.4 Å². The van der Waals surface area contributed by atoms with Crippen molar-refractivity contribution in [1.82, 2.24) is 14.9 Å². The fourth-order valence-electron chi connectivity index (χ4n) is 1.54. The first-order chi connectivity index (χ1) is 7.26. The molecule has 0 radical (unpaired) electrons. The number of rotatable bonds is 3. The highest BCUT2D eigenvalue weighted by Gasteiger charge is 2.08. The van der Waals surface area contributed by atoms with Crippen molar-refractivity contribution < 1.29 is 4.74 Å². The first-order valence-corrected chi connectivity index (χ1v) is 5.40. The van der Waals surface area contributed by atoms with Gasteiger partial charge in [-0.05, 0) is 13.1 Å². The lowest BCUT2D eigenvalue weighted by Crippen LogP contribution is -2.04. The Bertz CT molecular complexity index is 481. The van der Waals surface area contributed by atoms with Crippen LogP contribution < -0.4 is 10.1 Å². The van der Waals surface area contributed by atoms with Crippen molar-refractivity contribution in [2.45, 2.75) is 6.54 Å². The predicted molar refractivity (Wildman–Crippen MR) is 62.2 cm³/mol. The van der Waals surface area contributed by atoms with Gasteiger partial charge >= 0.3 is 0 Å². The van der Waals surface area contributed by atoms with Crippen LogP contribution in [0.1, 0.15) is 5.56 Å². The van der Waals surface area contributed by atoms with Crippen molar-refractivity contribution in [1.29, 1.82) is 0 Å². The van der Waals surface area contributed by atoms with Crippen LogP contribution in [-0.2, 0) is 6.54 Å². The van der Waals surface area contributed by atoms with Crippen molar-refractivity contribution in [3.8, 4) is 5.88 Å². The molecule has 2 aromatic heterocycles. The van der Waals surface area contributed by atoms with Gasteiger partial charge in [0.1, 0.15) is 0 Å². The van der Waals surface area contributed by atoms with E-state index in [4.69, 9.17) is 4.74 Å². The Morgan fingerprint density at radius 1 is 1.53 bits per heavy atom. The van der Waals surface area contributed by atoms with Crippen LogP contribution in [0.4, 0.5) is 0 Å². The van der Waals surface area contributed by atoms with Crippen LogP contribution in [0.3, 0.4) is 0 Å². The average molecular weight is 270 g/mol. The van der Waals surface area contributed by atoms with E-state index in [0.29, 0.717) is 0 Å². The second kappa shape index (κ2) is 4.20. The number of ether oxygens (including phenoxy) is 1. The third-order valence-electron chi connectivity index (χ3n) is 2.21. The van der Waals surface area contributed by atoms with Gasteiger partial charge in [0.15, 0.2) is 0 Å². The molecule has 0 fully saturated rings. The van der Waals surface area contributed by atoms with E-state index in [9.17, 15) is 0 Å². The van der Waals surface area contributed by atoms with Crippen molar-refractivity contribution in [2.75, 3.05) is 14.2 Å². The Labute approximate surface area is 96.4 Å². The van der Waals surface area contributed by atoms with Crippen LogP contribution in [0, 0.1) is 0 Å². The maximum Gasteiger partial charge on any atom is 0.215 e. The predicted octanol–water partition coefficient (Wildman–Crippen LogP) is 1.82. The molecule has 5 heteroatoms. The monoisotopic (exact) mass is 269 g/mol. The van der Waals surface area contributed by atoms with Crippen LogP contribution in [0.15, 0.2) is 22.8 Å². The number of nitrogens with one attached hydrogen (secondary N) is 1. The Morgan fingerprint density at radius 2 is 2.33 bits per heavy atom. The van der Waals surface area contributed by atoms with Gasteiger partial charge < -0.3 is 10.1 Å². The van der Waals surface area contributed by atoms with Crippen molar-refractivity contribution in [3.63, 3.8) is 0 Å². The van der Waals surface area contributed by atoms with E-state index >= 15 is 0 Å². The van der Waals surface area contributed by atoms with Gasteiger partial charge in [0.2, 0.25) is 5.88 Å². The van der Waals surface area contributed by atoms with E-state index < -0.39 is 0 Å². The Balaban J connectivity index is 2.64. The summed E-state index contributed by atoms with van der Waals surface area (Å²) in [7, 11) is 3.55. The SMILES string of the molecule is CNCc1cnn2c(OC)cc(Br)cc12. The number of halogens is 1. The van der Waals surface area contributed by atoms with Gasteiger partial charge in [-0.25, -0.2) is 4.52 Å². The number of nitrogens with zero attached hydrogens (tertiary/aromatic N) is 2. The number of hydrogen-bond donors (Lipinski definition) is 1. The van der Waals surface area contributed by atoms with Gasteiger partial charge in [-0.2, -0.15) is 5.10 Å². The molecule has 0 amide bonds. The third kappa shape index (κ3) is 1.85. The van der Waals surface area contributed by atoms with Gasteiger partial charge in [-0.1, -0.05) is 15.9 Å². The van der Waals surface area contributed by atoms with E-state index in [1.165, 1.54) is 0 Å². The summed E-state index contributed by atoms with van der Waals surface area (Å²) in [4.78, 5) is 0. The van der Waals surface area contributed by atoms with Crippen LogP contribution in [0.5, 0.6) is 5.88 Å². The maximum absolute atomic E-state index is 5.25. The van der Waals surface area contributed by atoms with Crippen LogP contribution >= 0.6 is 15.9 Å². The first-order valence-electron chi connectivity index (χ1n) is 4.61. The van der Waals surface area contributed by atoms with Gasteiger partial charge in [-0.3, -0.25) is 0 Å². The zero-order chi connectivity index (χ0) is 10.8. The molecule has 0 spiro atoms. The molecule has 0 saturated carbocycles. The summed E-state index contributed by atoms with van der Waals surface area (Å²) in [6.45, 7) is 0.795. The number of hydrogen-bond acceptors (Lipinski definition) is 3. The zero-order valence-corrected chi connectivity index (χ0v) is 10.2. The second-order valence-electron chi connectivity index (χ2n) is 3.21. The van der Waals surface area contributed by atoms with Gasteiger partial charge in [0.05, 0.1) is 18.8 Å². The molecule has 0 aliphatic heterocycles. The standard InChI is InChI=1S/C10H12BrN3O/c1-12-5-7-6-13-14-9(7)3-8(11)4-10(14)15-2/h3-4,6,12H,5H2,1-2H3. The van der Waals surface area contributed by atoms with Crippen LogP contribution in [0.25, 0.3) is 5.52 Å². The molecule has 0 aromatic carbocycles. The van der Waals surface area contributed by atoms with Crippen molar-refractivity contribution >= 4 is 21.4 Å². The molecule has 0 bridgehead atoms. The smallest absolute Gasteiger partial charge is 0.215 e. The van der Waals surface area contributed by atoms with Gasteiger partial charge in [-0.15, -0.1) is 0 Å². The highest BCUT2D eigenvalue weighted by atomic mass is 79.9. The van der Waals surface area contributed by atoms with Crippen LogP contribution in [0.2, 0.25) is 0 Å². The largest absolute Gasteiger partial charge is 0.481 e. The topological polar surface area (TPSA) is 38.6 Å². The molecule has 4 nitrogen and oxygen atoms in total. The second-order valence-corrected chi connectivity index (χ2v) is 4.13. The summed E-state index contributed by atoms with van der Waals surface area (Å²) < 4.78 is 8.03. The molecule has 80 valence electrons. The summed E-state index contributed by atoms with van der Waals surface area (Å²) in [5.74, 6) is 0.724. The minimum Gasteiger partial charge on any atom is -0.481 e.